The van der Waals surface area contributed by atoms with Crippen LogP contribution in [0.4, 0.5) is 10.5 Å². The van der Waals surface area contributed by atoms with Crippen LogP contribution in [0.1, 0.15) is 19.8 Å². The molecule has 1 aliphatic rings. The number of aliphatic imine (C=N–C) groups is 1. The van der Waals surface area contributed by atoms with E-state index >= 15 is 0 Å². The molecule has 1 saturated carbocycles. The van der Waals surface area contributed by atoms with Gasteiger partial charge in [-0.3, -0.25) is 4.99 Å². The molecule has 114 valence electrons. The highest BCUT2D eigenvalue weighted by Gasteiger charge is 2.32. The number of amides is 1. The van der Waals surface area contributed by atoms with Crippen molar-refractivity contribution in [3.05, 3.63) is 30.3 Å². The number of hydrogen-bond donors (Lipinski definition) is 3. The van der Waals surface area contributed by atoms with Crippen LogP contribution in [0.3, 0.4) is 0 Å². The Kier molecular flexibility index (Phi) is 5.43. The number of nitrogens with zero attached hydrogens (tertiary/aromatic N) is 1. The lowest BCUT2D eigenvalue weighted by molar-refractivity contribution is 0.147. The maximum Gasteiger partial charge on any atom is 0.407 e. The molecule has 1 unspecified atom stereocenters. The molecule has 4 N–H and O–H groups in total. The highest BCUT2D eigenvalue weighted by atomic mass is 16.5. The van der Waals surface area contributed by atoms with Crippen molar-refractivity contribution in [3.8, 4) is 0 Å². The highest BCUT2D eigenvalue weighted by molar-refractivity contribution is 5.92. The van der Waals surface area contributed by atoms with Crippen molar-refractivity contribution in [2.24, 2.45) is 16.6 Å². The van der Waals surface area contributed by atoms with Gasteiger partial charge in [0.05, 0.1) is 19.2 Å². The van der Waals surface area contributed by atoms with Gasteiger partial charge in [0.1, 0.15) is 0 Å². The fourth-order valence-corrected chi connectivity index (χ4v) is 2.04. The minimum absolute atomic E-state index is 0.0137. The summed E-state index contributed by atoms with van der Waals surface area (Å²) < 4.78 is 4.91. The number of ether oxygens (including phenoxy) is 1. The van der Waals surface area contributed by atoms with Crippen molar-refractivity contribution in [2.75, 3.05) is 18.5 Å². The van der Waals surface area contributed by atoms with Gasteiger partial charge in [0, 0.05) is 5.69 Å². The number of anilines is 1. The summed E-state index contributed by atoms with van der Waals surface area (Å²) in [5, 5.41) is 5.87. The van der Waals surface area contributed by atoms with Crippen LogP contribution in [0.2, 0.25) is 0 Å². The fourth-order valence-electron chi connectivity index (χ4n) is 2.04. The van der Waals surface area contributed by atoms with Gasteiger partial charge in [-0.25, -0.2) is 4.79 Å². The number of alkyl carbamates (subject to hydrolysis) is 1. The summed E-state index contributed by atoms with van der Waals surface area (Å²) in [4.78, 5) is 15.8. The Balaban J connectivity index is 1.85. The lowest BCUT2D eigenvalue weighted by Gasteiger charge is -2.16. The van der Waals surface area contributed by atoms with Gasteiger partial charge in [-0.2, -0.15) is 0 Å². The number of benzene rings is 1. The monoisotopic (exact) mass is 290 g/mol. The second-order valence-electron chi connectivity index (χ2n) is 5.03. The molecular formula is C15H22N4O2. The fraction of sp³-hybridized carbons (Fsp3) is 0.467. The van der Waals surface area contributed by atoms with E-state index in [-0.39, 0.29) is 12.1 Å². The maximum absolute atomic E-state index is 11.5. The number of guanidine groups is 1. The normalized spacial score (nSPS) is 16.1. The van der Waals surface area contributed by atoms with Crippen molar-refractivity contribution in [2.45, 2.75) is 25.8 Å². The largest absolute Gasteiger partial charge is 0.450 e. The first-order valence-corrected chi connectivity index (χ1v) is 7.24. The first-order valence-electron chi connectivity index (χ1n) is 7.24. The maximum atomic E-state index is 11.5. The molecule has 6 heteroatoms. The molecule has 6 nitrogen and oxygen atoms in total. The molecule has 0 aromatic heterocycles. The van der Waals surface area contributed by atoms with E-state index < -0.39 is 0 Å². The molecule has 1 aliphatic carbocycles. The van der Waals surface area contributed by atoms with Crippen LogP contribution < -0.4 is 16.4 Å². The molecule has 0 spiro atoms. The summed E-state index contributed by atoms with van der Waals surface area (Å²) in [6.45, 7) is 2.60. The number of nitrogens with one attached hydrogen (secondary N) is 2. The van der Waals surface area contributed by atoms with Gasteiger partial charge in [-0.15, -0.1) is 0 Å². The van der Waals surface area contributed by atoms with E-state index in [2.05, 4.69) is 15.6 Å². The van der Waals surface area contributed by atoms with Crippen molar-refractivity contribution >= 4 is 17.7 Å². The van der Waals surface area contributed by atoms with Crippen LogP contribution in [0.25, 0.3) is 0 Å². The minimum atomic E-state index is -0.390. The van der Waals surface area contributed by atoms with Gasteiger partial charge in [0.2, 0.25) is 0 Å². The molecule has 0 saturated heterocycles. The Morgan fingerprint density at radius 3 is 2.76 bits per heavy atom. The molecule has 1 aromatic rings. The second-order valence-corrected chi connectivity index (χ2v) is 5.03. The molecule has 0 radical (unpaired) electrons. The van der Waals surface area contributed by atoms with Crippen molar-refractivity contribution in [1.29, 1.82) is 0 Å². The molecular weight excluding hydrogens is 268 g/mol. The summed E-state index contributed by atoms with van der Waals surface area (Å²) in [6.07, 6.45) is 1.83. The molecule has 1 atom stereocenters. The number of para-hydroxylation sites is 1. The third-order valence-corrected chi connectivity index (χ3v) is 3.27. The van der Waals surface area contributed by atoms with E-state index in [4.69, 9.17) is 10.5 Å². The Morgan fingerprint density at radius 2 is 2.14 bits per heavy atom. The molecule has 21 heavy (non-hydrogen) atoms. The van der Waals surface area contributed by atoms with Gasteiger partial charge in [-0.1, -0.05) is 18.2 Å². The van der Waals surface area contributed by atoms with Crippen LogP contribution in [0, 0.1) is 5.92 Å². The highest BCUT2D eigenvalue weighted by Crippen LogP contribution is 2.32. The minimum Gasteiger partial charge on any atom is -0.450 e. The number of carbonyl (C=O) groups excluding carboxylic acids is 1. The zero-order valence-corrected chi connectivity index (χ0v) is 12.2. The lowest BCUT2D eigenvalue weighted by Crippen LogP contribution is -2.39. The van der Waals surface area contributed by atoms with Crippen LogP contribution in [-0.2, 0) is 4.74 Å². The van der Waals surface area contributed by atoms with Crippen LogP contribution in [0.5, 0.6) is 0 Å². The third-order valence-electron chi connectivity index (χ3n) is 3.27. The standard InChI is InChI=1S/C15H22N4O2/c1-2-21-15(20)19-13(11-8-9-11)10-17-14(16)18-12-6-4-3-5-7-12/h3-7,11,13H,2,8-10H2,1H3,(H,19,20)(H3,16,17,18). The topological polar surface area (TPSA) is 88.7 Å². The van der Waals surface area contributed by atoms with Gasteiger partial charge >= 0.3 is 6.09 Å². The van der Waals surface area contributed by atoms with Crippen LogP contribution >= 0.6 is 0 Å². The summed E-state index contributed by atoms with van der Waals surface area (Å²) in [7, 11) is 0. The summed E-state index contributed by atoms with van der Waals surface area (Å²) in [5.74, 6) is 0.820. The Morgan fingerprint density at radius 1 is 1.43 bits per heavy atom. The number of carbonyl (C=O) groups is 1. The first-order chi connectivity index (χ1) is 10.2. The van der Waals surface area contributed by atoms with Crippen molar-refractivity contribution in [3.63, 3.8) is 0 Å². The van der Waals surface area contributed by atoms with Gasteiger partial charge in [0.15, 0.2) is 5.96 Å². The Bertz CT molecular complexity index is 486. The molecule has 1 fully saturated rings. The predicted molar refractivity (Wildman–Crippen MR) is 83.2 cm³/mol. The van der Waals surface area contributed by atoms with E-state index in [0.29, 0.717) is 25.0 Å². The van der Waals surface area contributed by atoms with Gasteiger partial charge < -0.3 is 21.1 Å². The second kappa shape index (κ2) is 7.52. The van der Waals surface area contributed by atoms with Gasteiger partial charge in [-0.05, 0) is 37.8 Å². The van der Waals surface area contributed by atoms with Crippen LogP contribution in [0.15, 0.2) is 35.3 Å². The van der Waals surface area contributed by atoms with Crippen molar-refractivity contribution < 1.29 is 9.53 Å². The van der Waals surface area contributed by atoms with Crippen LogP contribution in [-0.4, -0.2) is 31.2 Å². The first kappa shape index (κ1) is 15.2. The Hall–Kier alpha value is -2.24. The average Bonchev–Trinajstić information content (AvgIpc) is 3.29. The third kappa shape index (κ3) is 5.33. The van der Waals surface area contributed by atoms with Gasteiger partial charge in [0.25, 0.3) is 0 Å². The van der Waals surface area contributed by atoms with E-state index in [1.54, 1.807) is 6.92 Å². The summed E-state index contributed by atoms with van der Waals surface area (Å²) in [6, 6.07) is 9.59. The lowest BCUT2D eigenvalue weighted by atomic mass is 10.2. The van der Waals surface area contributed by atoms with E-state index in [1.807, 2.05) is 30.3 Å². The van der Waals surface area contributed by atoms with Crippen molar-refractivity contribution in [1.82, 2.24) is 5.32 Å². The number of nitrogens with two attached hydrogens (primary N) is 1. The van der Waals surface area contributed by atoms with E-state index in [0.717, 1.165) is 18.5 Å². The summed E-state index contributed by atoms with van der Waals surface area (Å²) >= 11 is 0. The SMILES string of the molecule is CCOC(=O)NC(CN=C(N)Nc1ccccc1)C1CC1. The summed E-state index contributed by atoms with van der Waals surface area (Å²) in [5.41, 5.74) is 6.75. The molecule has 0 heterocycles. The zero-order chi connectivity index (χ0) is 15.1. The Labute approximate surface area is 124 Å². The zero-order valence-electron chi connectivity index (χ0n) is 12.2. The predicted octanol–water partition coefficient (Wildman–Crippen LogP) is 1.94. The molecule has 1 amide bonds. The average molecular weight is 290 g/mol. The molecule has 0 bridgehead atoms. The molecule has 0 aliphatic heterocycles. The smallest absolute Gasteiger partial charge is 0.407 e. The van der Waals surface area contributed by atoms with E-state index in [9.17, 15) is 4.79 Å². The van der Waals surface area contributed by atoms with E-state index in [1.165, 1.54) is 0 Å². The quantitative estimate of drug-likeness (QED) is 0.552. The molecule has 2 rings (SSSR count). The molecule has 1 aromatic carbocycles. The number of rotatable bonds is 6. The number of hydrogen-bond acceptors (Lipinski definition) is 3.